The highest BCUT2D eigenvalue weighted by Gasteiger charge is 2.27. The van der Waals surface area contributed by atoms with E-state index in [0.717, 1.165) is 12.8 Å². The van der Waals surface area contributed by atoms with Crippen molar-refractivity contribution in [2.75, 3.05) is 6.54 Å². The van der Waals surface area contributed by atoms with Gasteiger partial charge in [0.15, 0.2) is 0 Å². The SMILES string of the molecule is C=C(C)OC(=O)CCCCCN1C(=O)CCC1=O. The molecule has 1 saturated heterocycles. The Balaban J connectivity index is 2.08. The number of likely N-dealkylation sites (tertiary alicyclic amines) is 1. The Morgan fingerprint density at radius 2 is 1.83 bits per heavy atom. The highest BCUT2D eigenvalue weighted by Crippen LogP contribution is 2.13. The molecule has 0 aromatic carbocycles. The number of hydrogen-bond acceptors (Lipinski definition) is 4. The van der Waals surface area contributed by atoms with Gasteiger partial charge in [-0.1, -0.05) is 13.0 Å². The van der Waals surface area contributed by atoms with Gasteiger partial charge in [-0.05, 0) is 19.8 Å². The lowest BCUT2D eigenvalue weighted by Gasteiger charge is -2.12. The summed E-state index contributed by atoms with van der Waals surface area (Å²) < 4.78 is 4.81. The van der Waals surface area contributed by atoms with Gasteiger partial charge < -0.3 is 4.74 Å². The van der Waals surface area contributed by atoms with Crippen LogP contribution >= 0.6 is 0 Å². The third kappa shape index (κ3) is 4.69. The second-order valence-corrected chi connectivity index (χ2v) is 4.43. The molecule has 0 atom stereocenters. The van der Waals surface area contributed by atoms with E-state index in [0.29, 0.717) is 38.0 Å². The van der Waals surface area contributed by atoms with Crippen LogP contribution in [-0.4, -0.2) is 29.2 Å². The Morgan fingerprint density at radius 3 is 2.39 bits per heavy atom. The summed E-state index contributed by atoms with van der Waals surface area (Å²) in [6, 6.07) is 0. The Morgan fingerprint density at radius 1 is 1.22 bits per heavy atom. The standard InChI is InChI=1S/C13H19NO4/c1-10(2)18-13(17)6-4-3-5-9-14-11(15)7-8-12(14)16/h1,3-9H2,2H3. The first kappa shape index (κ1) is 14.4. The molecule has 2 amide bonds. The summed E-state index contributed by atoms with van der Waals surface area (Å²) >= 11 is 0. The van der Waals surface area contributed by atoms with Crippen molar-refractivity contribution in [3.8, 4) is 0 Å². The predicted octanol–water partition coefficient (Wildman–Crippen LogP) is 1.77. The van der Waals surface area contributed by atoms with Gasteiger partial charge >= 0.3 is 5.97 Å². The van der Waals surface area contributed by atoms with Crippen LogP contribution in [0.1, 0.15) is 45.4 Å². The van der Waals surface area contributed by atoms with Crippen LogP contribution in [0.3, 0.4) is 0 Å². The summed E-state index contributed by atoms with van der Waals surface area (Å²) in [4.78, 5) is 35.1. The van der Waals surface area contributed by atoms with E-state index in [1.54, 1.807) is 6.92 Å². The molecular weight excluding hydrogens is 234 g/mol. The molecule has 0 aromatic rings. The average molecular weight is 253 g/mol. The van der Waals surface area contributed by atoms with Crippen LogP contribution in [0, 0.1) is 0 Å². The van der Waals surface area contributed by atoms with E-state index in [1.165, 1.54) is 4.90 Å². The van der Waals surface area contributed by atoms with Crippen LogP contribution in [0.15, 0.2) is 12.3 Å². The van der Waals surface area contributed by atoms with Gasteiger partial charge in [0.2, 0.25) is 11.8 Å². The lowest BCUT2D eigenvalue weighted by Crippen LogP contribution is -2.29. The third-order valence-electron chi connectivity index (χ3n) is 2.71. The Bertz CT molecular complexity index is 346. The lowest BCUT2D eigenvalue weighted by molar-refractivity contribution is -0.140. The van der Waals surface area contributed by atoms with Gasteiger partial charge in [-0.3, -0.25) is 19.3 Å². The number of unbranched alkanes of at least 4 members (excludes halogenated alkanes) is 2. The van der Waals surface area contributed by atoms with E-state index in [-0.39, 0.29) is 17.8 Å². The minimum absolute atomic E-state index is 0.0818. The summed E-state index contributed by atoms with van der Waals surface area (Å²) in [6.45, 7) is 5.58. The zero-order valence-electron chi connectivity index (χ0n) is 10.7. The molecule has 100 valence electrons. The highest BCUT2D eigenvalue weighted by atomic mass is 16.5. The van der Waals surface area contributed by atoms with Crippen LogP contribution in [0.2, 0.25) is 0 Å². The zero-order chi connectivity index (χ0) is 13.5. The summed E-state index contributed by atoms with van der Waals surface area (Å²) in [7, 11) is 0. The van der Waals surface area contributed by atoms with E-state index in [2.05, 4.69) is 6.58 Å². The molecule has 0 saturated carbocycles. The number of nitrogens with zero attached hydrogens (tertiary/aromatic N) is 1. The largest absolute Gasteiger partial charge is 0.432 e. The minimum Gasteiger partial charge on any atom is -0.432 e. The van der Waals surface area contributed by atoms with Gasteiger partial charge in [0, 0.05) is 25.8 Å². The van der Waals surface area contributed by atoms with Crippen molar-refractivity contribution in [1.29, 1.82) is 0 Å². The first-order valence-electron chi connectivity index (χ1n) is 6.20. The highest BCUT2D eigenvalue weighted by molar-refractivity contribution is 6.01. The second-order valence-electron chi connectivity index (χ2n) is 4.43. The molecule has 18 heavy (non-hydrogen) atoms. The molecule has 5 heteroatoms. The van der Waals surface area contributed by atoms with E-state index in [4.69, 9.17) is 4.74 Å². The molecule has 1 aliphatic heterocycles. The molecule has 1 rings (SSSR count). The summed E-state index contributed by atoms with van der Waals surface area (Å²) in [5, 5.41) is 0. The van der Waals surface area contributed by atoms with E-state index >= 15 is 0 Å². The van der Waals surface area contributed by atoms with Crippen molar-refractivity contribution < 1.29 is 19.1 Å². The van der Waals surface area contributed by atoms with Crippen LogP contribution in [0.4, 0.5) is 0 Å². The zero-order valence-corrected chi connectivity index (χ0v) is 10.7. The number of carbonyl (C=O) groups excluding carboxylic acids is 3. The number of amides is 2. The molecule has 5 nitrogen and oxygen atoms in total. The van der Waals surface area contributed by atoms with Crippen molar-refractivity contribution in [1.82, 2.24) is 4.90 Å². The van der Waals surface area contributed by atoms with Gasteiger partial charge in [-0.25, -0.2) is 0 Å². The normalized spacial score (nSPS) is 15.1. The maximum Gasteiger partial charge on any atom is 0.310 e. The number of allylic oxidation sites excluding steroid dienone is 1. The minimum atomic E-state index is -0.282. The molecule has 0 aromatic heterocycles. The maximum atomic E-state index is 11.3. The van der Waals surface area contributed by atoms with E-state index in [9.17, 15) is 14.4 Å². The van der Waals surface area contributed by atoms with Crippen molar-refractivity contribution in [2.45, 2.75) is 45.4 Å². The Hall–Kier alpha value is -1.65. The third-order valence-corrected chi connectivity index (χ3v) is 2.71. The van der Waals surface area contributed by atoms with Crippen LogP contribution in [0.25, 0.3) is 0 Å². The number of hydrogen-bond donors (Lipinski definition) is 0. The van der Waals surface area contributed by atoms with Crippen LogP contribution in [0.5, 0.6) is 0 Å². The van der Waals surface area contributed by atoms with Gasteiger partial charge in [0.25, 0.3) is 0 Å². The van der Waals surface area contributed by atoms with Crippen molar-refractivity contribution in [2.24, 2.45) is 0 Å². The maximum absolute atomic E-state index is 11.3. The molecule has 0 N–H and O–H groups in total. The fourth-order valence-corrected chi connectivity index (χ4v) is 1.83. The number of rotatable bonds is 7. The number of imide groups is 1. The molecule has 1 heterocycles. The molecule has 0 aliphatic carbocycles. The summed E-state index contributed by atoms with van der Waals surface area (Å²) in [5.41, 5.74) is 0. The molecule has 0 spiro atoms. The summed E-state index contributed by atoms with van der Waals surface area (Å²) in [5.74, 6) is -0.0486. The molecule has 0 unspecified atom stereocenters. The molecule has 1 aliphatic rings. The van der Waals surface area contributed by atoms with Crippen LogP contribution < -0.4 is 0 Å². The number of carbonyl (C=O) groups is 3. The lowest BCUT2D eigenvalue weighted by atomic mass is 10.2. The van der Waals surface area contributed by atoms with Gasteiger partial charge in [-0.15, -0.1) is 0 Å². The van der Waals surface area contributed by atoms with Gasteiger partial charge in [-0.2, -0.15) is 0 Å². The molecule has 0 bridgehead atoms. The van der Waals surface area contributed by atoms with Crippen molar-refractivity contribution in [3.63, 3.8) is 0 Å². The monoisotopic (exact) mass is 253 g/mol. The van der Waals surface area contributed by atoms with Gasteiger partial charge in [0.05, 0.1) is 5.76 Å². The fourth-order valence-electron chi connectivity index (χ4n) is 1.83. The quantitative estimate of drug-likeness (QED) is 0.300. The molecular formula is C13H19NO4. The smallest absolute Gasteiger partial charge is 0.310 e. The van der Waals surface area contributed by atoms with Gasteiger partial charge in [0.1, 0.15) is 0 Å². The van der Waals surface area contributed by atoms with E-state index in [1.807, 2.05) is 0 Å². The first-order valence-corrected chi connectivity index (χ1v) is 6.20. The summed E-state index contributed by atoms with van der Waals surface area (Å²) in [6.07, 6.45) is 3.24. The van der Waals surface area contributed by atoms with E-state index < -0.39 is 0 Å². The molecule has 0 radical (unpaired) electrons. The Labute approximate surface area is 107 Å². The second kappa shape index (κ2) is 6.93. The van der Waals surface area contributed by atoms with Crippen molar-refractivity contribution >= 4 is 17.8 Å². The van der Waals surface area contributed by atoms with Crippen LogP contribution in [-0.2, 0) is 19.1 Å². The number of ether oxygens (including phenoxy) is 1. The fraction of sp³-hybridized carbons (Fsp3) is 0.615. The predicted molar refractivity (Wildman–Crippen MR) is 65.3 cm³/mol. The Kier molecular flexibility index (Phi) is 5.55. The number of esters is 1. The average Bonchev–Trinajstić information content (AvgIpc) is 2.58. The van der Waals surface area contributed by atoms with Crippen molar-refractivity contribution in [3.05, 3.63) is 12.3 Å². The molecule has 1 fully saturated rings. The topological polar surface area (TPSA) is 63.7 Å². The first-order chi connectivity index (χ1) is 8.50.